The van der Waals surface area contributed by atoms with Crippen LogP contribution in [0.5, 0.6) is 0 Å². The summed E-state index contributed by atoms with van der Waals surface area (Å²) in [6, 6.07) is 0. The third-order valence-corrected chi connectivity index (χ3v) is 1.55. The second-order valence-electron chi connectivity index (χ2n) is 2.47. The Kier molecular flexibility index (Phi) is 2.42. The Hall–Kier alpha value is 0.0669. The fourth-order valence-corrected chi connectivity index (χ4v) is 1.28. The zero-order valence-corrected chi connectivity index (χ0v) is 6.63. The van der Waals surface area contributed by atoms with E-state index in [-0.39, 0.29) is 0 Å². The summed E-state index contributed by atoms with van der Waals surface area (Å²) in [5, 5.41) is 2.39. The van der Waals surface area contributed by atoms with Gasteiger partial charge in [-0.05, 0) is 17.0 Å². The van der Waals surface area contributed by atoms with Gasteiger partial charge in [-0.15, -0.1) is 5.54 Å². The van der Waals surface area contributed by atoms with Gasteiger partial charge in [0.05, 0.1) is 0 Å². The van der Waals surface area contributed by atoms with Crippen LogP contribution in [0.4, 0.5) is 0 Å². The Balaban J connectivity index is 3.72. The van der Waals surface area contributed by atoms with Crippen molar-refractivity contribution in [1.29, 1.82) is 0 Å². The van der Waals surface area contributed by atoms with Gasteiger partial charge < -0.3 is 0 Å². The minimum absolute atomic E-state index is 1.15. The first kappa shape index (κ1) is 7.07. The van der Waals surface area contributed by atoms with Crippen molar-refractivity contribution in [2.24, 2.45) is 0 Å². The summed E-state index contributed by atoms with van der Waals surface area (Å²) in [7, 11) is -1.15. The van der Waals surface area contributed by atoms with Gasteiger partial charge in [-0.1, -0.05) is 19.6 Å². The lowest BCUT2D eigenvalue weighted by Crippen LogP contribution is -2.15. The summed E-state index contributed by atoms with van der Waals surface area (Å²) >= 11 is 5.16. The van der Waals surface area contributed by atoms with Crippen molar-refractivity contribution in [2.75, 3.05) is 0 Å². The van der Waals surface area contributed by atoms with Crippen molar-refractivity contribution in [1.82, 2.24) is 0 Å². The molecule has 0 N–H and O–H groups in total. The highest BCUT2D eigenvalue weighted by Gasteiger charge is 2.06. The predicted molar refractivity (Wildman–Crippen MR) is 37.0 cm³/mol. The molecule has 0 aliphatic heterocycles. The smallest absolute Gasteiger partial charge is 0.115 e. The van der Waals surface area contributed by atoms with E-state index < -0.39 is 8.07 Å². The van der Waals surface area contributed by atoms with E-state index in [0.717, 1.165) is 0 Å². The van der Waals surface area contributed by atoms with E-state index in [4.69, 9.17) is 11.6 Å². The molecule has 0 saturated heterocycles. The van der Waals surface area contributed by atoms with Crippen LogP contribution in [0.15, 0.2) is 0 Å². The zero-order valence-electron chi connectivity index (χ0n) is 4.88. The van der Waals surface area contributed by atoms with Gasteiger partial charge in [0.2, 0.25) is 0 Å². The molecule has 40 valence electrons. The van der Waals surface area contributed by atoms with Gasteiger partial charge in [0.1, 0.15) is 8.07 Å². The monoisotopic (exact) mass is 132 g/mol. The van der Waals surface area contributed by atoms with Crippen LogP contribution in [-0.4, -0.2) is 8.07 Å². The highest BCUT2D eigenvalue weighted by Crippen LogP contribution is 1.95. The summed E-state index contributed by atoms with van der Waals surface area (Å²) in [6.07, 6.45) is 0. The first-order valence-corrected chi connectivity index (χ1v) is 6.07. The molecule has 0 amide bonds. The molecule has 0 rings (SSSR count). The molecule has 0 aliphatic rings. The summed E-state index contributed by atoms with van der Waals surface area (Å²) < 4.78 is 0. The van der Waals surface area contributed by atoms with E-state index in [9.17, 15) is 0 Å². The molecule has 0 spiro atoms. The molecule has 0 fully saturated rings. The second-order valence-corrected chi connectivity index (χ2v) is 7.41. The van der Waals surface area contributed by atoms with Gasteiger partial charge in [0, 0.05) is 0 Å². The third-order valence-electron chi connectivity index (χ3n) is 0.422. The molecule has 0 aromatic rings. The second kappa shape index (κ2) is 2.39. The van der Waals surface area contributed by atoms with Gasteiger partial charge in [0.25, 0.3) is 0 Å². The SMILES string of the molecule is C[Si](C)(C)C#CCl. The highest BCUT2D eigenvalue weighted by molar-refractivity contribution is 6.84. The lowest BCUT2D eigenvalue weighted by atomic mass is 11.4. The Morgan fingerprint density at radius 3 is 1.71 bits per heavy atom. The highest BCUT2D eigenvalue weighted by atomic mass is 35.5. The summed E-state index contributed by atoms with van der Waals surface area (Å²) in [6.45, 7) is 6.47. The number of hydrogen-bond acceptors (Lipinski definition) is 0. The summed E-state index contributed by atoms with van der Waals surface area (Å²) in [5.41, 5.74) is 2.94. The lowest BCUT2D eigenvalue weighted by molar-refractivity contribution is 1.82. The standard InChI is InChI=1S/C5H9ClSi/c1-7(2,3)5-4-6/h1-3H3. The fraction of sp³-hybridized carbons (Fsp3) is 0.600. The van der Waals surface area contributed by atoms with Crippen LogP contribution in [0, 0.1) is 10.9 Å². The van der Waals surface area contributed by atoms with Gasteiger partial charge in [-0.3, -0.25) is 0 Å². The van der Waals surface area contributed by atoms with Crippen molar-refractivity contribution >= 4 is 19.7 Å². The molecular formula is C5H9ClSi. The van der Waals surface area contributed by atoms with Crippen LogP contribution in [0.3, 0.4) is 0 Å². The van der Waals surface area contributed by atoms with Gasteiger partial charge >= 0.3 is 0 Å². The first-order valence-electron chi connectivity index (χ1n) is 2.19. The van der Waals surface area contributed by atoms with Crippen molar-refractivity contribution in [2.45, 2.75) is 19.6 Å². The molecule has 0 nitrogen and oxygen atoms in total. The molecule has 0 atom stereocenters. The van der Waals surface area contributed by atoms with Crippen molar-refractivity contribution in [3.63, 3.8) is 0 Å². The molecule has 0 saturated carbocycles. The lowest BCUT2D eigenvalue weighted by Gasteiger charge is -2.01. The maximum Gasteiger partial charge on any atom is 0.131 e. The minimum Gasteiger partial charge on any atom is -0.115 e. The molecule has 0 aliphatic carbocycles. The number of halogens is 1. The van der Waals surface area contributed by atoms with Crippen LogP contribution in [0.2, 0.25) is 19.6 Å². The zero-order chi connectivity index (χ0) is 5.91. The average Bonchev–Trinajstić information content (AvgIpc) is 1.30. The first-order chi connectivity index (χ1) is 3.06. The Morgan fingerprint density at radius 2 is 1.71 bits per heavy atom. The normalized spacial score (nSPS) is 9.71. The topological polar surface area (TPSA) is 0 Å². The van der Waals surface area contributed by atoms with Crippen LogP contribution < -0.4 is 0 Å². The molecule has 0 unspecified atom stereocenters. The van der Waals surface area contributed by atoms with E-state index >= 15 is 0 Å². The van der Waals surface area contributed by atoms with Crippen LogP contribution in [0.1, 0.15) is 0 Å². The van der Waals surface area contributed by atoms with E-state index in [1.807, 2.05) is 0 Å². The quantitative estimate of drug-likeness (QED) is 0.350. The predicted octanol–water partition coefficient (Wildman–Crippen LogP) is 2.06. The molecule has 2 heteroatoms. The summed E-state index contributed by atoms with van der Waals surface area (Å²) in [4.78, 5) is 0. The van der Waals surface area contributed by atoms with Crippen LogP contribution >= 0.6 is 11.6 Å². The number of hydrogen-bond donors (Lipinski definition) is 0. The fourth-order valence-electron chi connectivity index (χ4n) is 0.142. The van der Waals surface area contributed by atoms with E-state index in [2.05, 4.69) is 30.6 Å². The molecular weight excluding hydrogens is 124 g/mol. The molecule has 0 aromatic carbocycles. The summed E-state index contributed by atoms with van der Waals surface area (Å²) in [5.74, 6) is 0. The Morgan fingerprint density at radius 1 is 1.29 bits per heavy atom. The molecule has 0 aromatic heterocycles. The van der Waals surface area contributed by atoms with Crippen LogP contribution in [-0.2, 0) is 0 Å². The van der Waals surface area contributed by atoms with Crippen molar-refractivity contribution in [3.8, 4) is 10.9 Å². The maximum absolute atomic E-state index is 5.16. The van der Waals surface area contributed by atoms with Gasteiger partial charge in [0.15, 0.2) is 0 Å². The van der Waals surface area contributed by atoms with Crippen molar-refractivity contribution in [3.05, 3.63) is 0 Å². The molecule has 7 heavy (non-hydrogen) atoms. The van der Waals surface area contributed by atoms with E-state index in [1.165, 1.54) is 0 Å². The third kappa shape index (κ3) is 6.07. The van der Waals surface area contributed by atoms with Gasteiger partial charge in [-0.2, -0.15) is 0 Å². The van der Waals surface area contributed by atoms with Crippen LogP contribution in [0.25, 0.3) is 0 Å². The molecule has 0 radical (unpaired) electrons. The molecule has 0 heterocycles. The van der Waals surface area contributed by atoms with E-state index in [1.54, 1.807) is 0 Å². The Bertz CT molecular complexity index is 101. The number of rotatable bonds is 0. The Labute approximate surface area is 50.9 Å². The maximum atomic E-state index is 5.16. The minimum atomic E-state index is -1.15. The largest absolute Gasteiger partial charge is 0.131 e. The van der Waals surface area contributed by atoms with E-state index in [0.29, 0.717) is 0 Å². The molecule has 0 bridgehead atoms. The van der Waals surface area contributed by atoms with Gasteiger partial charge in [-0.25, -0.2) is 0 Å². The average molecular weight is 133 g/mol. The van der Waals surface area contributed by atoms with Crippen molar-refractivity contribution < 1.29 is 0 Å².